The van der Waals surface area contributed by atoms with Gasteiger partial charge in [-0.3, -0.25) is 5.10 Å². The first kappa shape index (κ1) is 14.5. The van der Waals surface area contributed by atoms with Crippen LogP contribution < -0.4 is 51.4 Å². The molecule has 1 fully saturated rings. The van der Waals surface area contributed by atoms with Crippen molar-refractivity contribution < 1.29 is 61.7 Å². The number of aryl methyl sites for hydroxylation is 1. The van der Waals surface area contributed by atoms with Gasteiger partial charge in [0.15, 0.2) is 0 Å². The Hall–Kier alpha value is 0.476. The van der Waals surface area contributed by atoms with E-state index in [1.165, 1.54) is 6.42 Å². The Kier molecular flexibility index (Phi) is 5.72. The Morgan fingerprint density at radius 2 is 2.21 bits per heavy atom. The van der Waals surface area contributed by atoms with Crippen LogP contribution in [0.3, 0.4) is 0 Å². The Balaban J connectivity index is 0.000000845. The second-order valence-corrected chi connectivity index (χ2v) is 3.49. The topological polar surface area (TPSA) is 64.9 Å². The van der Waals surface area contributed by atoms with Crippen LogP contribution in [-0.2, 0) is 11.8 Å². The predicted molar refractivity (Wildman–Crippen MR) is 46.5 cm³/mol. The molecule has 0 aliphatic heterocycles. The Labute approximate surface area is 126 Å². The Morgan fingerprint density at radius 3 is 2.64 bits per heavy atom. The summed E-state index contributed by atoms with van der Waals surface area (Å²) in [5.74, 6) is 1.24. The van der Waals surface area contributed by atoms with E-state index < -0.39 is 0 Å². The Morgan fingerprint density at radius 1 is 1.64 bits per heavy atom. The number of hydrogen-bond acceptors (Lipinski definition) is 3. The molecule has 0 radical (unpaired) electrons. The SMILES string of the molecule is CC1CC1c1c([C-]=O)cnn1C.[K+].[OH-]. The van der Waals surface area contributed by atoms with E-state index in [-0.39, 0.29) is 56.9 Å². The summed E-state index contributed by atoms with van der Waals surface area (Å²) in [6.07, 6.45) is 4.69. The van der Waals surface area contributed by atoms with Gasteiger partial charge in [0, 0.05) is 7.05 Å². The van der Waals surface area contributed by atoms with Crippen molar-refractivity contribution in [3.8, 4) is 0 Å². The molecule has 1 aromatic heterocycles. The molecule has 4 nitrogen and oxygen atoms in total. The summed E-state index contributed by atoms with van der Waals surface area (Å²) in [5.41, 5.74) is 1.68. The average Bonchev–Trinajstić information content (AvgIpc) is 2.62. The van der Waals surface area contributed by atoms with E-state index in [0.717, 1.165) is 5.69 Å². The van der Waals surface area contributed by atoms with Crippen molar-refractivity contribution in [2.75, 3.05) is 0 Å². The molecule has 0 spiro atoms. The van der Waals surface area contributed by atoms with Crippen LogP contribution in [-0.4, -0.2) is 21.5 Å². The van der Waals surface area contributed by atoms with Crippen molar-refractivity contribution >= 4 is 6.29 Å². The van der Waals surface area contributed by atoms with E-state index >= 15 is 0 Å². The fourth-order valence-electron chi connectivity index (χ4n) is 1.67. The molecule has 0 amide bonds. The molecule has 0 bridgehead atoms. The van der Waals surface area contributed by atoms with Crippen LogP contribution in [0.25, 0.3) is 0 Å². The van der Waals surface area contributed by atoms with E-state index in [2.05, 4.69) is 12.0 Å². The summed E-state index contributed by atoms with van der Waals surface area (Å²) in [4.78, 5) is 10.5. The maximum atomic E-state index is 10.5. The van der Waals surface area contributed by atoms with Gasteiger partial charge in [-0.05, 0) is 11.8 Å². The first-order valence-electron chi connectivity index (χ1n) is 4.14. The molecule has 1 heterocycles. The van der Waals surface area contributed by atoms with E-state index in [9.17, 15) is 4.79 Å². The van der Waals surface area contributed by atoms with Gasteiger partial charge >= 0.3 is 51.4 Å². The van der Waals surface area contributed by atoms with Gasteiger partial charge in [-0.1, -0.05) is 25.2 Å². The molecule has 2 atom stereocenters. The zero-order chi connectivity index (χ0) is 8.72. The van der Waals surface area contributed by atoms with Gasteiger partial charge in [-0.2, -0.15) is 0 Å². The zero-order valence-corrected chi connectivity index (χ0v) is 11.8. The van der Waals surface area contributed by atoms with Crippen LogP contribution in [0.4, 0.5) is 0 Å². The minimum absolute atomic E-state index is 0. The number of carbonyl (C=O) groups excluding carboxylic acids is 1. The summed E-state index contributed by atoms with van der Waals surface area (Å²) in [6.45, 7) is 2.19. The molecular weight excluding hydrogens is 207 g/mol. The van der Waals surface area contributed by atoms with Gasteiger partial charge in [0.2, 0.25) is 0 Å². The van der Waals surface area contributed by atoms with Gasteiger partial charge < -0.3 is 15.0 Å². The third-order valence-electron chi connectivity index (χ3n) is 2.56. The minimum atomic E-state index is 0. The quantitative estimate of drug-likeness (QED) is 0.420. The van der Waals surface area contributed by atoms with E-state index in [4.69, 9.17) is 0 Å². The van der Waals surface area contributed by atoms with Crippen molar-refractivity contribution in [2.45, 2.75) is 19.3 Å². The third-order valence-corrected chi connectivity index (χ3v) is 2.56. The van der Waals surface area contributed by atoms with Crippen molar-refractivity contribution in [1.82, 2.24) is 9.78 Å². The molecule has 1 saturated carbocycles. The van der Waals surface area contributed by atoms with Crippen molar-refractivity contribution in [3.63, 3.8) is 0 Å². The number of rotatable bonds is 2. The van der Waals surface area contributed by atoms with Crippen LogP contribution in [0, 0.1) is 5.92 Å². The molecular formula is C9H12KN2O2-. The molecule has 5 heteroatoms. The summed E-state index contributed by atoms with van der Waals surface area (Å²) < 4.78 is 1.79. The van der Waals surface area contributed by atoms with E-state index in [0.29, 0.717) is 17.4 Å². The summed E-state index contributed by atoms with van der Waals surface area (Å²) in [5, 5.41) is 4.04. The summed E-state index contributed by atoms with van der Waals surface area (Å²) in [7, 11) is 1.88. The van der Waals surface area contributed by atoms with E-state index in [1.54, 1.807) is 10.9 Å². The molecule has 2 unspecified atom stereocenters. The van der Waals surface area contributed by atoms with Crippen LogP contribution in [0.1, 0.15) is 30.5 Å². The zero-order valence-electron chi connectivity index (χ0n) is 8.69. The smallest absolute Gasteiger partial charge is 0.870 e. The third kappa shape index (κ3) is 2.53. The van der Waals surface area contributed by atoms with Crippen LogP contribution >= 0.6 is 0 Å². The first-order chi connectivity index (χ1) is 5.74. The summed E-state index contributed by atoms with van der Waals surface area (Å²) in [6, 6.07) is 0. The molecule has 1 aromatic rings. The van der Waals surface area contributed by atoms with Gasteiger partial charge in [0.1, 0.15) is 0 Å². The molecule has 72 valence electrons. The first-order valence-corrected chi connectivity index (χ1v) is 4.14. The average molecular weight is 219 g/mol. The van der Waals surface area contributed by atoms with Gasteiger partial charge in [0.05, 0.1) is 6.29 Å². The normalized spacial score (nSPS) is 23.3. The second kappa shape index (κ2) is 5.53. The summed E-state index contributed by atoms with van der Waals surface area (Å²) >= 11 is 0. The van der Waals surface area contributed by atoms with E-state index in [1.807, 2.05) is 13.3 Å². The molecule has 1 N–H and O–H groups in total. The van der Waals surface area contributed by atoms with Crippen molar-refractivity contribution in [2.24, 2.45) is 13.0 Å². The minimum Gasteiger partial charge on any atom is -0.870 e. The fraction of sp³-hybridized carbons (Fsp3) is 0.556. The van der Waals surface area contributed by atoms with Crippen LogP contribution in [0.15, 0.2) is 6.20 Å². The predicted octanol–water partition coefficient (Wildman–Crippen LogP) is -2.17. The monoisotopic (exact) mass is 219 g/mol. The standard InChI is InChI=1S/C9H11N2O.K.H2O/c1-6-3-8(6)9-7(5-12)4-10-11(9)2;;/h4,6,8H,3H2,1-2H3;;1H2/q-1;+1;/p-1. The number of nitrogens with zero attached hydrogens (tertiary/aromatic N) is 2. The molecule has 0 saturated heterocycles. The van der Waals surface area contributed by atoms with Crippen LogP contribution in [0.5, 0.6) is 0 Å². The molecule has 0 aromatic carbocycles. The Bertz CT molecular complexity index is 325. The number of aromatic nitrogens is 2. The van der Waals surface area contributed by atoms with Gasteiger partial charge in [-0.15, -0.1) is 5.56 Å². The number of hydrogen-bond donors (Lipinski definition) is 0. The largest absolute Gasteiger partial charge is 1.00 e. The fourth-order valence-corrected chi connectivity index (χ4v) is 1.67. The van der Waals surface area contributed by atoms with Crippen LogP contribution in [0.2, 0.25) is 0 Å². The molecule has 1 aliphatic carbocycles. The van der Waals surface area contributed by atoms with Gasteiger partial charge in [-0.25, -0.2) is 0 Å². The molecule has 2 rings (SSSR count). The molecule has 14 heavy (non-hydrogen) atoms. The maximum absolute atomic E-state index is 10.5. The van der Waals surface area contributed by atoms with Crippen molar-refractivity contribution in [3.05, 3.63) is 17.5 Å². The van der Waals surface area contributed by atoms with Gasteiger partial charge in [0.25, 0.3) is 0 Å². The second-order valence-electron chi connectivity index (χ2n) is 3.49. The maximum Gasteiger partial charge on any atom is 1.00 e. The molecule has 1 aliphatic rings. The van der Waals surface area contributed by atoms with Crippen molar-refractivity contribution in [1.29, 1.82) is 0 Å².